The molecule has 1 aromatic heterocycles. The van der Waals surface area contributed by atoms with Gasteiger partial charge in [0.25, 0.3) is 5.56 Å². The minimum Gasteiger partial charge on any atom is -0.463 e. The summed E-state index contributed by atoms with van der Waals surface area (Å²) in [6.45, 7) is 3.82. The molecule has 6 heteroatoms. The molecule has 1 atom stereocenters. The predicted octanol–water partition coefficient (Wildman–Crippen LogP) is 3.95. The second kappa shape index (κ2) is 8.64. The molecular formula is C27H22N2O3S. The average Bonchev–Trinajstić information content (AvgIpc) is 3.13. The van der Waals surface area contributed by atoms with Crippen LogP contribution in [0, 0.1) is 0 Å². The molecule has 5 nitrogen and oxygen atoms in total. The fourth-order valence-electron chi connectivity index (χ4n) is 4.26. The Morgan fingerprint density at radius 2 is 1.79 bits per heavy atom. The summed E-state index contributed by atoms with van der Waals surface area (Å²) in [5.74, 6) is -0.448. The molecule has 33 heavy (non-hydrogen) atoms. The smallest absolute Gasteiger partial charge is 0.338 e. The van der Waals surface area contributed by atoms with E-state index in [1.807, 2.05) is 66.7 Å². The zero-order chi connectivity index (χ0) is 22.9. The molecule has 1 aliphatic rings. The molecule has 0 amide bonds. The third-order valence-corrected chi connectivity index (χ3v) is 6.73. The van der Waals surface area contributed by atoms with E-state index in [0.717, 1.165) is 21.9 Å². The van der Waals surface area contributed by atoms with E-state index in [1.54, 1.807) is 18.4 Å². The van der Waals surface area contributed by atoms with Gasteiger partial charge in [-0.3, -0.25) is 9.36 Å². The van der Waals surface area contributed by atoms with Crippen LogP contribution < -0.4 is 14.9 Å². The number of nitrogens with zero attached hydrogens (tertiary/aromatic N) is 2. The first kappa shape index (κ1) is 21.1. The normalized spacial score (nSPS) is 15.9. The van der Waals surface area contributed by atoms with Gasteiger partial charge in [-0.2, -0.15) is 0 Å². The van der Waals surface area contributed by atoms with Gasteiger partial charge >= 0.3 is 5.97 Å². The van der Waals surface area contributed by atoms with Gasteiger partial charge < -0.3 is 4.74 Å². The molecule has 0 fully saturated rings. The molecule has 0 radical (unpaired) electrons. The van der Waals surface area contributed by atoms with Crippen molar-refractivity contribution in [1.82, 2.24) is 4.57 Å². The molecule has 0 aliphatic carbocycles. The number of fused-ring (bicyclic) bond motifs is 2. The fraction of sp³-hybridized carbons (Fsp3) is 0.148. The van der Waals surface area contributed by atoms with Crippen LogP contribution in [0.25, 0.3) is 16.8 Å². The zero-order valence-electron chi connectivity index (χ0n) is 18.3. The SMILES string of the molecule is CCOC(=O)C1=C(C)N=c2sc(=Cc3cccc4ccccc34)c(=O)n2[C@H]1c1ccccc1. The van der Waals surface area contributed by atoms with E-state index >= 15 is 0 Å². The molecule has 0 spiro atoms. The van der Waals surface area contributed by atoms with Crippen LogP contribution >= 0.6 is 11.3 Å². The van der Waals surface area contributed by atoms with Gasteiger partial charge in [0, 0.05) is 0 Å². The lowest BCUT2D eigenvalue weighted by Crippen LogP contribution is -2.39. The molecule has 0 N–H and O–H groups in total. The van der Waals surface area contributed by atoms with Gasteiger partial charge in [0.15, 0.2) is 4.80 Å². The van der Waals surface area contributed by atoms with Crippen LogP contribution in [0.3, 0.4) is 0 Å². The van der Waals surface area contributed by atoms with Crippen molar-refractivity contribution in [2.45, 2.75) is 19.9 Å². The Kier molecular flexibility index (Phi) is 5.52. The summed E-state index contributed by atoms with van der Waals surface area (Å²) >= 11 is 1.34. The van der Waals surface area contributed by atoms with Crippen molar-refractivity contribution < 1.29 is 9.53 Å². The zero-order valence-corrected chi connectivity index (χ0v) is 19.1. The number of hydrogen-bond acceptors (Lipinski definition) is 5. The first-order valence-corrected chi connectivity index (χ1v) is 11.6. The lowest BCUT2D eigenvalue weighted by atomic mass is 9.96. The van der Waals surface area contributed by atoms with E-state index in [0.29, 0.717) is 20.6 Å². The molecule has 1 aliphatic heterocycles. The Labute approximate surface area is 194 Å². The molecule has 2 heterocycles. The predicted molar refractivity (Wildman–Crippen MR) is 131 cm³/mol. The van der Waals surface area contributed by atoms with E-state index in [2.05, 4.69) is 17.1 Å². The lowest BCUT2D eigenvalue weighted by Gasteiger charge is -2.24. The third kappa shape index (κ3) is 3.72. The Bertz CT molecular complexity index is 1570. The molecular weight excluding hydrogens is 432 g/mol. The van der Waals surface area contributed by atoms with Crippen LogP contribution in [0.4, 0.5) is 0 Å². The molecule has 0 unspecified atom stereocenters. The lowest BCUT2D eigenvalue weighted by molar-refractivity contribution is -0.139. The van der Waals surface area contributed by atoms with Crippen LogP contribution in [0.15, 0.2) is 93.9 Å². The van der Waals surface area contributed by atoms with Crippen molar-refractivity contribution in [3.05, 3.63) is 115 Å². The van der Waals surface area contributed by atoms with E-state index in [9.17, 15) is 9.59 Å². The summed E-state index contributed by atoms with van der Waals surface area (Å²) in [4.78, 5) is 31.8. The van der Waals surface area contributed by atoms with Gasteiger partial charge in [-0.25, -0.2) is 9.79 Å². The number of thiazole rings is 1. The summed E-state index contributed by atoms with van der Waals surface area (Å²) in [5.41, 5.74) is 2.60. The first-order chi connectivity index (χ1) is 16.1. The number of carbonyl (C=O) groups excluding carboxylic acids is 1. The maximum atomic E-state index is 13.7. The molecule has 0 bridgehead atoms. The van der Waals surface area contributed by atoms with Crippen LogP contribution in [0.2, 0.25) is 0 Å². The summed E-state index contributed by atoms with van der Waals surface area (Å²) < 4.78 is 7.53. The number of aromatic nitrogens is 1. The summed E-state index contributed by atoms with van der Waals surface area (Å²) in [5, 5.41) is 2.19. The number of esters is 1. The van der Waals surface area contributed by atoms with Crippen LogP contribution in [0.1, 0.15) is 31.0 Å². The van der Waals surface area contributed by atoms with Gasteiger partial charge in [0.1, 0.15) is 0 Å². The number of allylic oxidation sites excluding steroid dienone is 1. The van der Waals surface area contributed by atoms with Crippen molar-refractivity contribution in [1.29, 1.82) is 0 Å². The summed E-state index contributed by atoms with van der Waals surface area (Å²) in [7, 11) is 0. The molecule has 0 saturated heterocycles. The van der Waals surface area contributed by atoms with Crippen molar-refractivity contribution in [2.75, 3.05) is 6.61 Å². The first-order valence-electron chi connectivity index (χ1n) is 10.8. The highest BCUT2D eigenvalue weighted by molar-refractivity contribution is 7.07. The minimum atomic E-state index is -0.587. The van der Waals surface area contributed by atoms with Crippen LogP contribution in [0.5, 0.6) is 0 Å². The highest BCUT2D eigenvalue weighted by Gasteiger charge is 2.33. The van der Waals surface area contributed by atoms with Gasteiger partial charge in [0.2, 0.25) is 0 Å². The number of benzene rings is 3. The average molecular weight is 455 g/mol. The molecule has 164 valence electrons. The second-order valence-electron chi connectivity index (χ2n) is 7.78. The Morgan fingerprint density at radius 1 is 1.06 bits per heavy atom. The molecule has 5 rings (SSSR count). The highest BCUT2D eigenvalue weighted by atomic mass is 32.1. The summed E-state index contributed by atoms with van der Waals surface area (Å²) in [6, 6.07) is 23.1. The quantitative estimate of drug-likeness (QED) is 0.439. The van der Waals surface area contributed by atoms with Gasteiger partial charge in [-0.1, -0.05) is 84.1 Å². The van der Waals surface area contributed by atoms with Crippen LogP contribution in [-0.2, 0) is 9.53 Å². The third-order valence-electron chi connectivity index (χ3n) is 5.74. The number of rotatable bonds is 4. The Hall–Kier alpha value is -3.77. The largest absolute Gasteiger partial charge is 0.463 e. The maximum absolute atomic E-state index is 13.7. The van der Waals surface area contributed by atoms with Crippen LogP contribution in [-0.4, -0.2) is 17.1 Å². The van der Waals surface area contributed by atoms with Crippen molar-refractivity contribution in [3.8, 4) is 0 Å². The maximum Gasteiger partial charge on any atom is 0.338 e. The standard InChI is InChI=1S/C27H22N2O3S/c1-3-32-26(31)23-17(2)28-27-29(24(23)19-11-5-4-6-12-19)25(30)22(33-27)16-20-14-9-13-18-10-7-8-15-21(18)20/h4-16,24H,3H2,1-2H3/t24-/m0/s1. The van der Waals surface area contributed by atoms with Gasteiger partial charge in [-0.15, -0.1) is 0 Å². The van der Waals surface area contributed by atoms with Gasteiger partial charge in [-0.05, 0) is 41.8 Å². The second-order valence-corrected chi connectivity index (χ2v) is 8.79. The Morgan fingerprint density at radius 3 is 2.58 bits per heavy atom. The van der Waals surface area contributed by atoms with E-state index in [-0.39, 0.29) is 12.2 Å². The molecule has 3 aromatic carbocycles. The molecule has 0 saturated carbocycles. The number of hydrogen-bond donors (Lipinski definition) is 0. The fourth-order valence-corrected chi connectivity index (χ4v) is 5.30. The van der Waals surface area contributed by atoms with E-state index in [1.165, 1.54) is 11.3 Å². The Balaban J connectivity index is 1.75. The van der Waals surface area contributed by atoms with Crippen molar-refractivity contribution in [2.24, 2.45) is 4.99 Å². The van der Waals surface area contributed by atoms with Gasteiger partial charge in [0.05, 0.1) is 28.5 Å². The van der Waals surface area contributed by atoms with E-state index in [4.69, 9.17) is 4.74 Å². The highest BCUT2D eigenvalue weighted by Crippen LogP contribution is 2.30. The topological polar surface area (TPSA) is 60.7 Å². The number of carbonyl (C=O) groups is 1. The van der Waals surface area contributed by atoms with E-state index < -0.39 is 12.0 Å². The summed E-state index contributed by atoms with van der Waals surface area (Å²) in [6.07, 6.45) is 1.91. The van der Waals surface area contributed by atoms with Crippen molar-refractivity contribution in [3.63, 3.8) is 0 Å². The molecule has 4 aromatic rings. The monoisotopic (exact) mass is 454 g/mol. The van der Waals surface area contributed by atoms with Crippen molar-refractivity contribution >= 4 is 34.2 Å². The number of ether oxygens (including phenoxy) is 1. The minimum absolute atomic E-state index is 0.171.